The number of nitrogens with two attached hydrogens (primary N) is 1. The fraction of sp³-hybridized carbons (Fsp3) is 0.706. The van der Waals surface area contributed by atoms with Gasteiger partial charge in [-0.25, -0.2) is 4.39 Å². The minimum absolute atomic E-state index is 0.188. The van der Waals surface area contributed by atoms with Gasteiger partial charge in [0.25, 0.3) is 0 Å². The average Bonchev–Trinajstić information content (AvgIpc) is 2.99. The lowest BCUT2D eigenvalue weighted by Gasteiger charge is -2.48. The lowest BCUT2D eigenvalue weighted by atomic mass is 9.83. The number of ether oxygens (including phenoxy) is 1. The first-order chi connectivity index (χ1) is 19.9. The maximum atomic E-state index is 13.6. The molecule has 2 fully saturated rings. The van der Waals surface area contributed by atoms with Crippen LogP contribution in [0.2, 0.25) is 0 Å². The van der Waals surface area contributed by atoms with Gasteiger partial charge in [-0.2, -0.15) is 0 Å². The van der Waals surface area contributed by atoms with E-state index < -0.39 is 5.54 Å². The third-order valence-corrected chi connectivity index (χ3v) is 8.97. The monoisotopic (exact) mass is 571 g/mol. The van der Waals surface area contributed by atoms with E-state index in [-0.39, 0.29) is 17.7 Å². The van der Waals surface area contributed by atoms with Crippen molar-refractivity contribution in [3.63, 3.8) is 0 Å². The van der Waals surface area contributed by atoms with E-state index in [1.165, 1.54) is 63.5 Å². The number of unbranched alkanes of at least 4 members (excludes halogenated alkanes) is 9. The normalized spacial score (nSPS) is 18.3. The second kappa shape index (κ2) is 18.3. The number of likely N-dealkylation sites (tertiary alicyclic amines) is 2. The minimum atomic E-state index is -0.518. The number of amides is 1. The summed E-state index contributed by atoms with van der Waals surface area (Å²) in [5.41, 5.74) is 6.13. The zero-order valence-electron chi connectivity index (χ0n) is 25.5. The highest BCUT2D eigenvalue weighted by Crippen LogP contribution is 2.32. The van der Waals surface area contributed by atoms with Crippen LogP contribution < -0.4 is 5.73 Å². The molecule has 2 aliphatic heterocycles. The van der Waals surface area contributed by atoms with Gasteiger partial charge in [-0.1, -0.05) is 71.1 Å². The van der Waals surface area contributed by atoms with Gasteiger partial charge in [0.1, 0.15) is 17.1 Å². The number of rotatable bonds is 18. The van der Waals surface area contributed by atoms with Crippen LogP contribution in [0.5, 0.6) is 0 Å². The largest absolute Gasteiger partial charge is 0.426 e. The maximum absolute atomic E-state index is 13.6. The molecule has 0 saturated carbocycles. The Labute approximate surface area is 247 Å². The summed E-state index contributed by atoms with van der Waals surface area (Å²) in [5, 5.41) is 0. The van der Waals surface area contributed by atoms with Crippen molar-refractivity contribution in [2.24, 2.45) is 5.73 Å². The van der Waals surface area contributed by atoms with Crippen molar-refractivity contribution in [2.45, 2.75) is 122 Å². The molecule has 6 nitrogen and oxygen atoms in total. The molecular formula is C34H54FN3O3. The quantitative estimate of drug-likeness (QED) is 0.114. The smallest absolute Gasteiger partial charge is 0.311 e. The Hall–Kier alpha value is -2.25. The van der Waals surface area contributed by atoms with Crippen LogP contribution in [0.4, 0.5) is 4.39 Å². The Morgan fingerprint density at radius 3 is 2.05 bits per heavy atom. The van der Waals surface area contributed by atoms with E-state index in [1.54, 1.807) is 12.1 Å². The third kappa shape index (κ3) is 11.2. The van der Waals surface area contributed by atoms with E-state index in [1.807, 2.05) is 6.08 Å². The molecular weight excluding hydrogens is 517 g/mol. The van der Waals surface area contributed by atoms with Gasteiger partial charge < -0.3 is 15.4 Å². The summed E-state index contributed by atoms with van der Waals surface area (Å²) in [5.74, 6) is -0.235. The van der Waals surface area contributed by atoms with Gasteiger partial charge in [-0.3, -0.25) is 14.5 Å². The minimum Gasteiger partial charge on any atom is -0.426 e. The Kier molecular flexibility index (Phi) is 14.9. The molecule has 0 aliphatic carbocycles. The number of primary amides is 1. The number of carbonyl (C=O) groups is 2. The first-order valence-electron chi connectivity index (χ1n) is 16.4. The van der Waals surface area contributed by atoms with Gasteiger partial charge in [0.2, 0.25) is 5.91 Å². The number of nitrogens with zero attached hydrogens (tertiary/aromatic N) is 2. The molecule has 0 aromatic heterocycles. The van der Waals surface area contributed by atoms with E-state index in [4.69, 9.17) is 10.5 Å². The number of halogens is 1. The number of hydrogen-bond donors (Lipinski definition) is 1. The van der Waals surface area contributed by atoms with Crippen LogP contribution >= 0.6 is 0 Å². The topological polar surface area (TPSA) is 75.9 Å². The second-order valence-electron chi connectivity index (χ2n) is 12.1. The van der Waals surface area contributed by atoms with Gasteiger partial charge in [0.05, 0.1) is 0 Å². The summed E-state index contributed by atoms with van der Waals surface area (Å²) < 4.78 is 19.4. The molecule has 0 unspecified atom stereocenters. The molecule has 2 saturated heterocycles. The summed E-state index contributed by atoms with van der Waals surface area (Å²) in [7, 11) is 0. The lowest BCUT2D eigenvalue weighted by molar-refractivity contribution is -0.137. The summed E-state index contributed by atoms with van der Waals surface area (Å²) >= 11 is 0. The molecule has 0 atom stereocenters. The van der Waals surface area contributed by atoms with Crippen LogP contribution in [0.25, 0.3) is 5.76 Å². The summed E-state index contributed by atoms with van der Waals surface area (Å²) in [6.45, 7) is 6.59. The highest BCUT2D eigenvalue weighted by Gasteiger charge is 2.44. The van der Waals surface area contributed by atoms with Crippen molar-refractivity contribution in [3.05, 3.63) is 41.7 Å². The van der Waals surface area contributed by atoms with Crippen molar-refractivity contribution < 1.29 is 18.7 Å². The van der Waals surface area contributed by atoms with Gasteiger partial charge in [-0.15, -0.1) is 0 Å². The van der Waals surface area contributed by atoms with E-state index in [0.717, 1.165) is 77.7 Å². The van der Waals surface area contributed by atoms with E-state index in [2.05, 4.69) is 16.7 Å². The molecule has 1 aromatic carbocycles. The van der Waals surface area contributed by atoms with Gasteiger partial charge in [0, 0.05) is 31.6 Å². The number of hydrogen-bond acceptors (Lipinski definition) is 5. The fourth-order valence-electron chi connectivity index (χ4n) is 6.33. The predicted octanol–water partition coefficient (Wildman–Crippen LogP) is 7.22. The molecule has 2 heterocycles. The molecule has 1 amide bonds. The molecule has 7 heteroatoms. The second-order valence-corrected chi connectivity index (χ2v) is 12.1. The van der Waals surface area contributed by atoms with E-state index in [9.17, 15) is 14.0 Å². The van der Waals surface area contributed by atoms with Gasteiger partial charge in [0.15, 0.2) is 0 Å². The summed E-state index contributed by atoms with van der Waals surface area (Å²) in [4.78, 5) is 29.9. The highest BCUT2D eigenvalue weighted by molar-refractivity contribution is 5.85. The Morgan fingerprint density at radius 2 is 1.46 bits per heavy atom. The SMILES string of the molecule is CCCCCCCCCCCCC(=O)O/C(=C\CCN1CCC(C(N)=O)(N2CCCCC2)CC1)c1ccc(F)cc1. The highest BCUT2D eigenvalue weighted by atomic mass is 19.1. The predicted molar refractivity (Wildman–Crippen MR) is 165 cm³/mol. The molecule has 3 rings (SSSR count). The van der Waals surface area contributed by atoms with Crippen LogP contribution in [-0.2, 0) is 14.3 Å². The Bertz CT molecular complexity index is 935. The van der Waals surface area contributed by atoms with Crippen molar-refractivity contribution in [1.29, 1.82) is 0 Å². The molecule has 0 bridgehead atoms. The molecule has 2 aliphatic rings. The van der Waals surface area contributed by atoms with Crippen LogP contribution in [0.15, 0.2) is 30.3 Å². The van der Waals surface area contributed by atoms with Crippen LogP contribution in [0.3, 0.4) is 0 Å². The number of benzene rings is 1. The van der Waals surface area contributed by atoms with Gasteiger partial charge >= 0.3 is 5.97 Å². The van der Waals surface area contributed by atoms with E-state index >= 15 is 0 Å². The van der Waals surface area contributed by atoms with Crippen molar-refractivity contribution in [1.82, 2.24) is 9.80 Å². The average molecular weight is 572 g/mol. The molecule has 2 N–H and O–H groups in total. The summed E-state index contributed by atoms with van der Waals surface area (Å²) in [6, 6.07) is 6.12. The van der Waals surface area contributed by atoms with Crippen LogP contribution in [-0.4, -0.2) is 59.9 Å². The molecule has 41 heavy (non-hydrogen) atoms. The molecule has 0 radical (unpaired) electrons. The first kappa shape index (κ1) is 33.3. The molecule has 0 spiro atoms. The number of carbonyl (C=O) groups excluding carboxylic acids is 2. The van der Waals surface area contributed by atoms with Crippen molar-refractivity contribution in [2.75, 3.05) is 32.7 Å². The van der Waals surface area contributed by atoms with Crippen molar-refractivity contribution >= 4 is 17.6 Å². The first-order valence-corrected chi connectivity index (χ1v) is 16.4. The molecule has 1 aromatic rings. The van der Waals surface area contributed by atoms with Crippen LogP contribution in [0, 0.1) is 5.82 Å². The standard InChI is InChI=1S/C34H54FN3O3/c1-2-3-4-5-6-7-8-9-10-12-17-32(39)41-31(29-18-20-30(35)21-19-29)16-15-24-37-27-22-34(23-28-37,33(36)40)38-25-13-11-14-26-38/h16,18-21H,2-15,17,22-28H2,1H3,(H2,36,40)/b31-16-. The fourth-order valence-corrected chi connectivity index (χ4v) is 6.33. The zero-order chi connectivity index (χ0) is 29.3. The Balaban J connectivity index is 1.44. The van der Waals surface area contributed by atoms with Crippen molar-refractivity contribution in [3.8, 4) is 0 Å². The van der Waals surface area contributed by atoms with E-state index in [0.29, 0.717) is 24.2 Å². The number of esters is 1. The molecule has 230 valence electrons. The maximum Gasteiger partial charge on any atom is 0.311 e. The summed E-state index contributed by atoms with van der Waals surface area (Å²) in [6.07, 6.45) is 20.2. The van der Waals surface area contributed by atoms with Gasteiger partial charge in [-0.05, 0) is 82.0 Å². The third-order valence-electron chi connectivity index (χ3n) is 8.97. The Morgan fingerprint density at radius 1 is 0.878 bits per heavy atom. The zero-order valence-corrected chi connectivity index (χ0v) is 25.5. The number of piperidine rings is 2. The van der Waals surface area contributed by atoms with Crippen LogP contribution in [0.1, 0.15) is 122 Å². The lowest BCUT2D eigenvalue weighted by Crippen LogP contribution is -2.63.